The first kappa shape index (κ1) is 32.5. The number of ketones is 1. The number of likely N-dealkylation sites (tertiary alicyclic amines) is 1. The molecule has 0 unspecified atom stereocenters. The third kappa shape index (κ3) is 9.52. The maximum Gasteiger partial charge on any atom is 0.295 e. The molecule has 3 rings (SSSR count). The standard InChI is InChI=1S/C33H43BrN2O5/c1-2-3-4-5-6-7-8-9-10-11-12-13-14-15-23-35-30(26-17-16-18-28(24-26)36(40)41)29(32(38)33(35)39)31(37)25-19-21-27(34)22-20-25/h16-22,24,30,37H,2-15,23H2,1H3/t30-/m0/s1. The number of rotatable bonds is 18. The Kier molecular flexibility index (Phi) is 13.5. The lowest BCUT2D eigenvalue weighted by atomic mass is 9.95. The van der Waals surface area contributed by atoms with Crippen LogP contribution in [-0.2, 0) is 9.59 Å². The highest BCUT2D eigenvalue weighted by molar-refractivity contribution is 9.10. The zero-order valence-corrected chi connectivity index (χ0v) is 25.7. The number of benzene rings is 2. The summed E-state index contributed by atoms with van der Waals surface area (Å²) >= 11 is 3.36. The number of nitro benzene ring substituents is 1. The van der Waals surface area contributed by atoms with Gasteiger partial charge in [0.1, 0.15) is 5.76 Å². The highest BCUT2D eigenvalue weighted by Crippen LogP contribution is 2.40. The highest BCUT2D eigenvalue weighted by atomic mass is 79.9. The summed E-state index contributed by atoms with van der Waals surface area (Å²) in [7, 11) is 0. The number of hydrogen-bond acceptors (Lipinski definition) is 5. The molecular formula is C33H43BrN2O5. The van der Waals surface area contributed by atoms with Crippen LogP contribution in [-0.4, -0.2) is 33.2 Å². The molecule has 41 heavy (non-hydrogen) atoms. The molecule has 1 N–H and O–H groups in total. The Bertz CT molecular complexity index is 1190. The normalized spacial score (nSPS) is 16.4. The van der Waals surface area contributed by atoms with Crippen molar-refractivity contribution in [2.45, 2.75) is 103 Å². The van der Waals surface area contributed by atoms with Gasteiger partial charge in [-0.3, -0.25) is 19.7 Å². The smallest absolute Gasteiger partial charge is 0.295 e. The van der Waals surface area contributed by atoms with Crippen molar-refractivity contribution in [2.75, 3.05) is 6.54 Å². The van der Waals surface area contributed by atoms with Crippen LogP contribution < -0.4 is 0 Å². The molecule has 0 bridgehead atoms. The number of carbonyl (C=O) groups excluding carboxylic acids is 2. The summed E-state index contributed by atoms with van der Waals surface area (Å²) in [6.07, 6.45) is 17.0. The molecule has 0 saturated carbocycles. The van der Waals surface area contributed by atoms with Gasteiger partial charge in [-0.05, 0) is 24.1 Å². The lowest BCUT2D eigenvalue weighted by Gasteiger charge is -2.25. The van der Waals surface area contributed by atoms with Crippen LogP contribution in [0.2, 0.25) is 0 Å². The zero-order valence-electron chi connectivity index (χ0n) is 24.2. The van der Waals surface area contributed by atoms with Gasteiger partial charge in [0.05, 0.1) is 16.5 Å². The Morgan fingerprint density at radius 3 is 1.93 bits per heavy atom. The molecule has 0 radical (unpaired) electrons. The van der Waals surface area contributed by atoms with E-state index in [1.807, 2.05) is 0 Å². The molecule has 2 aromatic rings. The van der Waals surface area contributed by atoms with E-state index in [0.717, 1.165) is 23.7 Å². The number of carbonyl (C=O) groups is 2. The molecule has 7 nitrogen and oxygen atoms in total. The van der Waals surface area contributed by atoms with Crippen molar-refractivity contribution < 1.29 is 19.6 Å². The summed E-state index contributed by atoms with van der Waals surface area (Å²) < 4.78 is 0.808. The van der Waals surface area contributed by atoms with E-state index in [2.05, 4.69) is 22.9 Å². The number of nitro groups is 1. The maximum atomic E-state index is 13.2. The van der Waals surface area contributed by atoms with Crippen molar-refractivity contribution in [1.29, 1.82) is 0 Å². The van der Waals surface area contributed by atoms with Gasteiger partial charge in [0, 0.05) is 28.7 Å². The van der Waals surface area contributed by atoms with Crippen LogP contribution in [0.1, 0.15) is 114 Å². The molecule has 1 aliphatic rings. The van der Waals surface area contributed by atoms with E-state index in [1.54, 1.807) is 36.4 Å². The molecule has 0 aromatic heterocycles. The molecule has 0 spiro atoms. The van der Waals surface area contributed by atoms with Crippen LogP contribution in [0.15, 0.2) is 58.6 Å². The minimum atomic E-state index is -0.888. The van der Waals surface area contributed by atoms with E-state index < -0.39 is 22.7 Å². The number of unbranched alkanes of at least 4 members (excludes halogenated alkanes) is 13. The van der Waals surface area contributed by atoms with Gasteiger partial charge >= 0.3 is 0 Å². The van der Waals surface area contributed by atoms with Crippen LogP contribution in [0, 0.1) is 10.1 Å². The average molecular weight is 628 g/mol. The second-order valence-electron chi connectivity index (χ2n) is 10.9. The molecule has 2 aromatic carbocycles. The van der Waals surface area contributed by atoms with Gasteiger partial charge in [0.25, 0.3) is 17.4 Å². The predicted molar refractivity (Wildman–Crippen MR) is 167 cm³/mol. The van der Waals surface area contributed by atoms with Gasteiger partial charge in [0.15, 0.2) is 0 Å². The van der Waals surface area contributed by atoms with Crippen LogP contribution in [0.3, 0.4) is 0 Å². The second-order valence-corrected chi connectivity index (χ2v) is 11.9. The summed E-state index contributed by atoms with van der Waals surface area (Å²) in [6.45, 7) is 2.59. The van der Waals surface area contributed by atoms with Gasteiger partial charge in [-0.1, -0.05) is 131 Å². The van der Waals surface area contributed by atoms with Crippen molar-refractivity contribution >= 4 is 39.1 Å². The van der Waals surface area contributed by atoms with Crippen LogP contribution in [0.4, 0.5) is 5.69 Å². The van der Waals surface area contributed by atoms with E-state index in [9.17, 15) is 24.8 Å². The zero-order chi connectivity index (χ0) is 29.6. The molecule has 1 aliphatic heterocycles. The van der Waals surface area contributed by atoms with Crippen LogP contribution >= 0.6 is 15.9 Å². The largest absolute Gasteiger partial charge is 0.507 e. The molecule has 1 heterocycles. The van der Waals surface area contributed by atoms with E-state index in [0.29, 0.717) is 24.1 Å². The van der Waals surface area contributed by atoms with Crippen molar-refractivity contribution in [3.8, 4) is 0 Å². The van der Waals surface area contributed by atoms with E-state index in [4.69, 9.17) is 0 Å². The minimum absolute atomic E-state index is 0.0387. The Hall–Kier alpha value is -3.00. The number of aliphatic hydroxyl groups excluding tert-OH is 1. The monoisotopic (exact) mass is 626 g/mol. The summed E-state index contributed by atoms with van der Waals surface area (Å²) in [5, 5.41) is 22.6. The fraction of sp³-hybridized carbons (Fsp3) is 0.515. The van der Waals surface area contributed by atoms with E-state index >= 15 is 0 Å². The molecule has 8 heteroatoms. The van der Waals surface area contributed by atoms with Crippen LogP contribution in [0.25, 0.3) is 5.76 Å². The summed E-state index contributed by atoms with van der Waals surface area (Å²) in [5.41, 5.74) is 0.664. The molecule has 1 atom stereocenters. The Morgan fingerprint density at radius 1 is 0.854 bits per heavy atom. The molecule has 0 aliphatic carbocycles. The Balaban J connectivity index is 1.59. The number of hydrogen-bond donors (Lipinski definition) is 1. The number of amides is 1. The minimum Gasteiger partial charge on any atom is -0.507 e. The molecule has 1 fully saturated rings. The van der Waals surface area contributed by atoms with Gasteiger partial charge in [-0.15, -0.1) is 0 Å². The molecule has 1 amide bonds. The fourth-order valence-corrected chi connectivity index (χ4v) is 5.77. The number of Topliss-reactive ketones (excluding diaryl/α,β-unsaturated/α-hetero) is 1. The predicted octanol–water partition coefficient (Wildman–Crippen LogP) is 9.26. The van der Waals surface area contributed by atoms with Crippen molar-refractivity contribution in [1.82, 2.24) is 4.90 Å². The molecular weight excluding hydrogens is 584 g/mol. The number of non-ortho nitro benzene ring substituents is 1. The second kappa shape index (κ2) is 17.1. The van der Waals surface area contributed by atoms with Gasteiger partial charge in [-0.25, -0.2) is 0 Å². The molecule has 1 saturated heterocycles. The lowest BCUT2D eigenvalue weighted by Crippen LogP contribution is -2.30. The first-order valence-corrected chi connectivity index (χ1v) is 15.9. The lowest BCUT2D eigenvalue weighted by molar-refractivity contribution is -0.384. The maximum absolute atomic E-state index is 13.2. The van der Waals surface area contributed by atoms with Crippen molar-refractivity contribution in [3.63, 3.8) is 0 Å². The third-order valence-electron chi connectivity index (χ3n) is 7.81. The van der Waals surface area contributed by atoms with Gasteiger partial charge in [-0.2, -0.15) is 0 Å². The third-order valence-corrected chi connectivity index (χ3v) is 8.34. The Morgan fingerprint density at radius 2 is 1.39 bits per heavy atom. The van der Waals surface area contributed by atoms with Crippen molar-refractivity contribution in [3.05, 3.63) is 79.8 Å². The number of nitrogens with zero attached hydrogens (tertiary/aromatic N) is 2. The first-order chi connectivity index (χ1) is 19.8. The fourth-order valence-electron chi connectivity index (χ4n) is 5.51. The quantitative estimate of drug-likeness (QED) is 0.0443. The summed E-state index contributed by atoms with van der Waals surface area (Å²) in [5.74, 6) is -1.74. The first-order valence-electron chi connectivity index (χ1n) is 15.1. The van der Waals surface area contributed by atoms with E-state index in [-0.39, 0.29) is 17.0 Å². The summed E-state index contributed by atoms with van der Waals surface area (Å²) in [6, 6.07) is 11.9. The number of halogens is 1. The SMILES string of the molecule is CCCCCCCCCCCCCCCCN1C(=O)C(=O)C(=C(O)c2ccc(Br)cc2)[C@@H]1c1cccc([N+](=O)[O-])c1. The average Bonchev–Trinajstić information content (AvgIpc) is 3.22. The van der Waals surface area contributed by atoms with Crippen LogP contribution in [0.5, 0.6) is 0 Å². The Labute approximate surface area is 252 Å². The van der Waals surface area contributed by atoms with Gasteiger partial charge < -0.3 is 10.0 Å². The number of aliphatic hydroxyl groups is 1. The van der Waals surface area contributed by atoms with E-state index in [1.165, 1.54) is 81.2 Å². The summed E-state index contributed by atoms with van der Waals surface area (Å²) in [4.78, 5) is 38.8. The topological polar surface area (TPSA) is 101 Å². The molecule has 222 valence electrons. The van der Waals surface area contributed by atoms with Crippen molar-refractivity contribution in [2.24, 2.45) is 0 Å². The highest BCUT2D eigenvalue weighted by Gasteiger charge is 2.46. The van der Waals surface area contributed by atoms with Gasteiger partial charge in [0.2, 0.25) is 0 Å².